The molecule has 68 valence electrons. The van der Waals surface area contributed by atoms with Gasteiger partial charge in [-0.2, -0.15) is 0 Å². The zero-order chi connectivity index (χ0) is 9.10. The van der Waals surface area contributed by atoms with Gasteiger partial charge in [0.15, 0.2) is 0 Å². The molecule has 1 aromatic carbocycles. The Morgan fingerprint density at radius 3 is 2.69 bits per heavy atom. The van der Waals surface area contributed by atoms with E-state index in [0.717, 1.165) is 18.9 Å². The van der Waals surface area contributed by atoms with E-state index in [-0.39, 0.29) is 0 Å². The van der Waals surface area contributed by atoms with Crippen molar-refractivity contribution in [2.45, 2.75) is 19.8 Å². The van der Waals surface area contributed by atoms with Crippen LogP contribution in [0, 0.1) is 5.92 Å². The number of hydrogen-bond donors (Lipinski definition) is 0. The van der Waals surface area contributed by atoms with Crippen molar-refractivity contribution < 1.29 is 0 Å². The normalized spacial score (nSPS) is 22.5. The van der Waals surface area contributed by atoms with E-state index in [9.17, 15) is 0 Å². The van der Waals surface area contributed by atoms with Crippen LogP contribution in [0.25, 0.3) is 0 Å². The highest BCUT2D eigenvalue weighted by molar-refractivity contribution is 6.00. The lowest BCUT2D eigenvalue weighted by Crippen LogP contribution is -2.14. The summed E-state index contributed by atoms with van der Waals surface area (Å²) in [5.74, 6) is 0.799. The Bertz CT molecular complexity index is 300. The topological polar surface area (TPSA) is 12.4 Å². The minimum atomic E-state index is 0.799. The summed E-state index contributed by atoms with van der Waals surface area (Å²) in [5, 5.41) is 0. The van der Waals surface area contributed by atoms with Crippen LogP contribution in [0.2, 0.25) is 0 Å². The van der Waals surface area contributed by atoms with Gasteiger partial charge in [0.2, 0.25) is 0 Å². The summed E-state index contributed by atoms with van der Waals surface area (Å²) in [6, 6.07) is 10.5. The van der Waals surface area contributed by atoms with Crippen molar-refractivity contribution in [3.8, 4) is 0 Å². The Kier molecular flexibility index (Phi) is 2.44. The average Bonchev–Trinajstić information content (AvgIpc) is 2.19. The van der Waals surface area contributed by atoms with Crippen LogP contribution in [0.3, 0.4) is 0 Å². The summed E-state index contributed by atoms with van der Waals surface area (Å²) in [5.41, 5.74) is 2.59. The Balaban J connectivity index is 2.22. The predicted molar refractivity (Wildman–Crippen MR) is 56.2 cm³/mol. The molecule has 1 nitrogen and oxygen atoms in total. The van der Waals surface area contributed by atoms with Crippen LogP contribution in [-0.2, 0) is 0 Å². The maximum absolute atomic E-state index is 4.57. The van der Waals surface area contributed by atoms with Gasteiger partial charge in [0.05, 0.1) is 0 Å². The van der Waals surface area contributed by atoms with Crippen LogP contribution >= 0.6 is 0 Å². The summed E-state index contributed by atoms with van der Waals surface area (Å²) >= 11 is 0. The highest BCUT2D eigenvalue weighted by atomic mass is 14.7. The molecule has 1 atom stereocenters. The molecule has 0 radical (unpaired) electrons. The molecule has 1 heterocycles. The molecule has 0 N–H and O–H groups in total. The predicted octanol–water partition coefficient (Wildman–Crippen LogP) is 2.91. The van der Waals surface area contributed by atoms with Crippen LogP contribution in [0.15, 0.2) is 35.3 Å². The fraction of sp³-hybridized carbons (Fsp3) is 0.417. The van der Waals surface area contributed by atoms with Gasteiger partial charge in [0, 0.05) is 12.3 Å². The van der Waals surface area contributed by atoms with Gasteiger partial charge in [0.1, 0.15) is 0 Å². The summed E-state index contributed by atoms with van der Waals surface area (Å²) in [6.45, 7) is 3.31. The molecule has 1 aliphatic rings. The first-order valence-electron chi connectivity index (χ1n) is 4.95. The molecule has 13 heavy (non-hydrogen) atoms. The van der Waals surface area contributed by atoms with Crippen LogP contribution in [-0.4, -0.2) is 12.3 Å². The van der Waals surface area contributed by atoms with E-state index in [1.807, 2.05) is 0 Å². The zero-order valence-corrected chi connectivity index (χ0v) is 8.03. The Morgan fingerprint density at radius 1 is 1.23 bits per heavy atom. The first-order chi connectivity index (χ1) is 6.36. The molecule has 0 aromatic heterocycles. The van der Waals surface area contributed by atoms with Gasteiger partial charge >= 0.3 is 0 Å². The van der Waals surface area contributed by atoms with Crippen molar-refractivity contribution in [1.82, 2.24) is 0 Å². The van der Waals surface area contributed by atoms with Crippen molar-refractivity contribution in [2.24, 2.45) is 10.9 Å². The number of nitrogens with zero attached hydrogens (tertiary/aromatic N) is 1. The second-order valence-electron chi connectivity index (χ2n) is 3.79. The Hall–Kier alpha value is -1.11. The minimum absolute atomic E-state index is 0.799. The van der Waals surface area contributed by atoms with Crippen LogP contribution in [0.1, 0.15) is 25.3 Å². The van der Waals surface area contributed by atoms with Crippen LogP contribution in [0.4, 0.5) is 0 Å². The lowest BCUT2D eigenvalue weighted by Gasteiger charge is -2.18. The van der Waals surface area contributed by atoms with E-state index in [4.69, 9.17) is 0 Å². The second-order valence-corrected chi connectivity index (χ2v) is 3.79. The molecule has 0 aliphatic carbocycles. The van der Waals surface area contributed by atoms with Crippen LogP contribution < -0.4 is 0 Å². The third-order valence-corrected chi connectivity index (χ3v) is 2.57. The lowest BCUT2D eigenvalue weighted by atomic mass is 9.94. The van der Waals surface area contributed by atoms with E-state index in [1.54, 1.807) is 0 Å². The molecule has 0 fully saturated rings. The van der Waals surface area contributed by atoms with Gasteiger partial charge in [-0.05, 0) is 24.3 Å². The largest absolute Gasteiger partial charge is 0.289 e. The highest BCUT2D eigenvalue weighted by Crippen LogP contribution is 2.18. The van der Waals surface area contributed by atoms with Crippen molar-refractivity contribution >= 4 is 5.71 Å². The van der Waals surface area contributed by atoms with E-state index in [1.165, 1.54) is 17.7 Å². The lowest BCUT2D eigenvalue weighted by molar-refractivity contribution is 0.541. The smallest absolute Gasteiger partial charge is 0.0423 e. The number of benzene rings is 1. The fourth-order valence-corrected chi connectivity index (χ4v) is 1.76. The number of rotatable bonds is 1. The number of aliphatic imine (C=N–C) groups is 1. The molecule has 1 aliphatic heterocycles. The van der Waals surface area contributed by atoms with Crippen molar-refractivity contribution in [3.05, 3.63) is 35.9 Å². The first-order valence-corrected chi connectivity index (χ1v) is 4.95. The molecule has 0 spiro atoms. The van der Waals surface area contributed by atoms with Crippen LogP contribution in [0.5, 0.6) is 0 Å². The monoisotopic (exact) mass is 173 g/mol. The standard InChI is InChI=1S/C12H15N/c1-10-7-8-13-12(9-10)11-5-3-2-4-6-11/h2-6,10H,7-9H2,1H3. The molecular weight excluding hydrogens is 158 g/mol. The average molecular weight is 173 g/mol. The van der Waals surface area contributed by atoms with E-state index in [2.05, 4.69) is 42.2 Å². The summed E-state index contributed by atoms with van der Waals surface area (Å²) in [6.07, 6.45) is 2.39. The van der Waals surface area contributed by atoms with Gasteiger partial charge in [-0.15, -0.1) is 0 Å². The third kappa shape index (κ3) is 1.97. The Labute approximate surface area is 79.5 Å². The van der Waals surface area contributed by atoms with Crippen molar-refractivity contribution in [3.63, 3.8) is 0 Å². The molecule has 2 rings (SSSR count). The molecule has 0 bridgehead atoms. The maximum atomic E-state index is 4.57. The summed E-state index contributed by atoms with van der Waals surface area (Å²) in [7, 11) is 0. The van der Waals surface area contributed by atoms with E-state index < -0.39 is 0 Å². The zero-order valence-electron chi connectivity index (χ0n) is 8.03. The molecule has 1 unspecified atom stereocenters. The van der Waals surface area contributed by atoms with Gasteiger partial charge in [0.25, 0.3) is 0 Å². The van der Waals surface area contributed by atoms with E-state index >= 15 is 0 Å². The van der Waals surface area contributed by atoms with Crippen molar-refractivity contribution in [2.75, 3.05) is 6.54 Å². The fourth-order valence-electron chi connectivity index (χ4n) is 1.76. The first kappa shape index (κ1) is 8.49. The second kappa shape index (κ2) is 3.73. The van der Waals surface area contributed by atoms with Gasteiger partial charge in [-0.1, -0.05) is 37.3 Å². The molecular formula is C12H15N. The molecule has 1 heteroatoms. The number of hydrogen-bond acceptors (Lipinski definition) is 1. The molecule has 0 saturated carbocycles. The quantitative estimate of drug-likeness (QED) is 0.619. The Morgan fingerprint density at radius 2 is 2.00 bits per heavy atom. The summed E-state index contributed by atoms with van der Waals surface area (Å²) < 4.78 is 0. The van der Waals surface area contributed by atoms with Gasteiger partial charge < -0.3 is 0 Å². The van der Waals surface area contributed by atoms with Crippen molar-refractivity contribution in [1.29, 1.82) is 0 Å². The minimum Gasteiger partial charge on any atom is -0.289 e. The molecule has 0 saturated heterocycles. The summed E-state index contributed by atoms with van der Waals surface area (Å²) in [4.78, 5) is 4.57. The van der Waals surface area contributed by atoms with E-state index in [0.29, 0.717) is 0 Å². The molecule has 1 aromatic rings. The third-order valence-electron chi connectivity index (χ3n) is 2.57. The van der Waals surface area contributed by atoms with Gasteiger partial charge in [-0.25, -0.2) is 0 Å². The van der Waals surface area contributed by atoms with Gasteiger partial charge in [-0.3, -0.25) is 4.99 Å². The molecule has 0 amide bonds. The maximum Gasteiger partial charge on any atom is 0.0423 e. The SMILES string of the molecule is CC1CCN=C(c2ccccc2)C1. The highest BCUT2D eigenvalue weighted by Gasteiger charge is 2.12.